The lowest BCUT2D eigenvalue weighted by atomic mass is 10.1. The van der Waals surface area contributed by atoms with Gasteiger partial charge in [0, 0.05) is 11.6 Å². The molecule has 0 atom stereocenters. The molecule has 18 heavy (non-hydrogen) atoms. The molecule has 2 rings (SSSR count). The van der Waals surface area contributed by atoms with Crippen LogP contribution in [0.25, 0.3) is 0 Å². The number of benzene rings is 2. The van der Waals surface area contributed by atoms with Gasteiger partial charge in [0.1, 0.15) is 11.5 Å². The lowest BCUT2D eigenvalue weighted by Gasteiger charge is -2.12. The Morgan fingerprint density at radius 2 is 1.89 bits per heavy atom. The Kier molecular flexibility index (Phi) is 4.07. The molecule has 0 heterocycles. The number of nitrogen functional groups attached to an aromatic ring is 1. The summed E-state index contributed by atoms with van der Waals surface area (Å²) in [6.45, 7) is 0.0798. The van der Waals surface area contributed by atoms with E-state index in [9.17, 15) is 0 Å². The van der Waals surface area contributed by atoms with Gasteiger partial charge in [0.05, 0.1) is 5.69 Å². The summed E-state index contributed by atoms with van der Waals surface area (Å²) < 4.78 is 5.75. The van der Waals surface area contributed by atoms with Crippen LogP contribution in [0.3, 0.4) is 0 Å². The molecule has 0 bridgehead atoms. The van der Waals surface area contributed by atoms with Crippen LogP contribution in [0.2, 0.25) is 5.02 Å². The van der Waals surface area contributed by atoms with Crippen LogP contribution >= 0.6 is 11.6 Å². The summed E-state index contributed by atoms with van der Waals surface area (Å²) >= 11 is 5.83. The van der Waals surface area contributed by atoms with Crippen molar-refractivity contribution in [3.05, 3.63) is 53.1 Å². The van der Waals surface area contributed by atoms with Gasteiger partial charge in [0.2, 0.25) is 0 Å². The van der Waals surface area contributed by atoms with Gasteiger partial charge in [0.25, 0.3) is 0 Å². The molecule has 3 nitrogen and oxygen atoms in total. The number of aliphatic hydroxyl groups is 1. The van der Waals surface area contributed by atoms with Crippen molar-refractivity contribution in [1.29, 1.82) is 0 Å². The van der Waals surface area contributed by atoms with Gasteiger partial charge in [-0.1, -0.05) is 29.8 Å². The number of anilines is 1. The van der Waals surface area contributed by atoms with Crippen molar-refractivity contribution in [2.45, 2.75) is 6.42 Å². The second-order valence-electron chi connectivity index (χ2n) is 3.87. The number of rotatable bonds is 4. The van der Waals surface area contributed by atoms with Crippen molar-refractivity contribution in [3.63, 3.8) is 0 Å². The third-order valence-electron chi connectivity index (χ3n) is 2.55. The van der Waals surface area contributed by atoms with E-state index in [1.54, 1.807) is 18.2 Å². The molecule has 0 spiro atoms. The second kappa shape index (κ2) is 5.76. The SMILES string of the molecule is Nc1cc(Cl)ccc1Oc1ccccc1CCO. The number of hydrogen-bond donors (Lipinski definition) is 2. The lowest BCUT2D eigenvalue weighted by Crippen LogP contribution is -1.97. The van der Waals surface area contributed by atoms with Crippen LogP contribution < -0.4 is 10.5 Å². The fraction of sp³-hybridized carbons (Fsp3) is 0.143. The van der Waals surface area contributed by atoms with E-state index >= 15 is 0 Å². The Morgan fingerprint density at radius 1 is 1.11 bits per heavy atom. The zero-order chi connectivity index (χ0) is 13.0. The summed E-state index contributed by atoms with van der Waals surface area (Å²) in [4.78, 5) is 0. The first-order valence-electron chi connectivity index (χ1n) is 5.62. The second-order valence-corrected chi connectivity index (χ2v) is 4.30. The molecule has 0 unspecified atom stereocenters. The van der Waals surface area contributed by atoms with Gasteiger partial charge < -0.3 is 15.6 Å². The van der Waals surface area contributed by atoms with Gasteiger partial charge in [-0.2, -0.15) is 0 Å². The van der Waals surface area contributed by atoms with Crippen LogP contribution in [0.15, 0.2) is 42.5 Å². The van der Waals surface area contributed by atoms with Crippen LogP contribution in [0.5, 0.6) is 11.5 Å². The summed E-state index contributed by atoms with van der Waals surface area (Å²) in [7, 11) is 0. The smallest absolute Gasteiger partial charge is 0.150 e. The Morgan fingerprint density at radius 3 is 2.61 bits per heavy atom. The molecule has 0 aliphatic rings. The Balaban J connectivity index is 2.28. The molecule has 0 saturated heterocycles. The van der Waals surface area contributed by atoms with Gasteiger partial charge in [-0.3, -0.25) is 0 Å². The highest BCUT2D eigenvalue weighted by Crippen LogP contribution is 2.31. The van der Waals surface area contributed by atoms with E-state index in [2.05, 4.69) is 0 Å². The highest BCUT2D eigenvalue weighted by Gasteiger charge is 2.06. The zero-order valence-electron chi connectivity index (χ0n) is 9.77. The average Bonchev–Trinajstić information content (AvgIpc) is 2.35. The summed E-state index contributed by atoms with van der Waals surface area (Å²) in [6, 6.07) is 12.6. The number of hydrogen-bond acceptors (Lipinski definition) is 3. The van der Waals surface area contributed by atoms with E-state index < -0.39 is 0 Å². The third kappa shape index (κ3) is 2.94. The minimum atomic E-state index is 0.0798. The quantitative estimate of drug-likeness (QED) is 0.833. The minimum absolute atomic E-state index is 0.0798. The molecular weight excluding hydrogens is 250 g/mol. The molecule has 2 aromatic rings. The molecule has 0 aliphatic heterocycles. The maximum atomic E-state index is 9.00. The molecule has 0 aromatic heterocycles. The minimum Gasteiger partial charge on any atom is -0.455 e. The summed E-state index contributed by atoms with van der Waals surface area (Å²) in [5.74, 6) is 1.25. The van der Waals surface area contributed by atoms with E-state index in [4.69, 9.17) is 27.2 Å². The highest BCUT2D eigenvalue weighted by molar-refractivity contribution is 6.30. The normalized spacial score (nSPS) is 10.3. The summed E-state index contributed by atoms with van der Waals surface area (Å²) in [6.07, 6.45) is 0.545. The first kappa shape index (κ1) is 12.7. The predicted octanol–water partition coefficient (Wildman–Crippen LogP) is 3.25. The Labute approximate surface area is 111 Å². The maximum absolute atomic E-state index is 9.00. The van der Waals surface area contributed by atoms with Crippen LogP contribution in [-0.4, -0.2) is 11.7 Å². The number of nitrogens with two attached hydrogens (primary N) is 1. The van der Waals surface area contributed by atoms with E-state index in [0.717, 1.165) is 5.56 Å². The predicted molar refractivity (Wildman–Crippen MR) is 73.2 cm³/mol. The maximum Gasteiger partial charge on any atom is 0.150 e. The molecule has 0 aliphatic carbocycles. The fourth-order valence-corrected chi connectivity index (χ4v) is 1.84. The molecule has 0 fully saturated rings. The first-order chi connectivity index (χ1) is 8.70. The standard InChI is InChI=1S/C14H14ClNO2/c15-11-5-6-14(12(16)9-11)18-13-4-2-1-3-10(13)7-8-17/h1-6,9,17H,7-8,16H2. The average molecular weight is 264 g/mol. The van der Waals surface area contributed by atoms with Gasteiger partial charge in [-0.05, 0) is 36.2 Å². The molecule has 3 N–H and O–H groups in total. The van der Waals surface area contributed by atoms with Crippen LogP contribution in [-0.2, 0) is 6.42 Å². The van der Waals surface area contributed by atoms with Gasteiger partial charge >= 0.3 is 0 Å². The molecule has 4 heteroatoms. The lowest BCUT2D eigenvalue weighted by molar-refractivity contribution is 0.298. The van der Waals surface area contributed by atoms with E-state index in [1.165, 1.54) is 0 Å². The van der Waals surface area contributed by atoms with Crippen molar-refractivity contribution < 1.29 is 9.84 Å². The summed E-state index contributed by atoms with van der Waals surface area (Å²) in [5, 5.41) is 9.58. The molecule has 0 amide bonds. The Bertz CT molecular complexity index is 543. The van der Waals surface area contributed by atoms with E-state index in [0.29, 0.717) is 28.6 Å². The molecular formula is C14H14ClNO2. The van der Waals surface area contributed by atoms with Crippen molar-refractivity contribution in [2.75, 3.05) is 12.3 Å². The van der Waals surface area contributed by atoms with Crippen molar-refractivity contribution >= 4 is 17.3 Å². The number of aliphatic hydroxyl groups excluding tert-OH is 1. The van der Waals surface area contributed by atoms with Crippen LogP contribution in [0.4, 0.5) is 5.69 Å². The molecule has 2 aromatic carbocycles. The van der Waals surface area contributed by atoms with Crippen LogP contribution in [0.1, 0.15) is 5.56 Å². The number of halogens is 1. The largest absolute Gasteiger partial charge is 0.455 e. The molecule has 0 saturated carbocycles. The van der Waals surface area contributed by atoms with Crippen molar-refractivity contribution in [3.8, 4) is 11.5 Å². The van der Waals surface area contributed by atoms with Gasteiger partial charge in [-0.15, -0.1) is 0 Å². The third-order valence-corrected chi connectivity index (χ3v) is 2.78. The number of para-hydroxylation sites is 1. The highest BCUT2D eigenvalue weighted by atomic mass is 35.5. The Hall–Kier alpha value is -1.71. The van der Waals surface area contributed by atoms with Crippen LogP contribution in [0, 0.1) is 0 Å². The topological polar surface area (TPSA) is 55.5 Å². The van der Waals surface area contributed by atoms with E-state index in [1.807, 2.05) is 24.3 Å². The molecule has 0 radical (unpaired) electrons. The molecule has 94 valence electrons. The van der Waals surface area contributed by atoms with E-state index in [-0.39, 0.29) is 6.61 Å². The number of ether oxygens (including phenoxy) is 1. The summed E-state index contributed by atoms with van der Waals surface area (Å²) in [5.41, 5.74) is 7.26. The fourth-order valence-electron chi connectivity index (χ4n) is 1.66. The van der Waals surface area contributed by atoms with Gasteiger partial charge in [-0.25, -0.2) is 0 Å². The van der Waals surface area contributed by atoms with Crippen molar-refractivity contribution in [2.24, 2.45) is 0 Å². The zero-order valence-corrected chi connectivity index (χ0v) is 10.5. The first-order valence-corrected chi connectivity index (χ1v) is 6.00. The monoisotopic (exact) mass is 263 g/mol. The van der Waals surface area contributed by atoms with Gasteiger partial charge in [0.15, 0.2) is 0 Å². The van der Waals surface area contributed by atoms with Crippen molar-refractivity contribution in [1.82, 2.24) is 0 Å².